The van der Waals surface area contributed by atoms with E-state index in [1.54, 1.807) is 57.1 Å². The highest BCUT2D eigenvalue weighted by molar-refractivity contribution is 7.60. The number of carbonyl (C=O) groups is 1. The summed E-state index contributed by atoms with van der Waals surface area (Å²) in [6, 6.07) is 4.20. The lowest BCUT2D eigenvalue weighted by Gasteiger charge is -2.20. The summed E-state index contributed by atoms with van der Waals surface area (Å²) in [4.78, 5) is 36.9. The second-order valence-corrected chi connectivity index (χ2v) is 10.8. The Bertz CT molecular complexity index is 1200. The van der Waals surface area contributed by atoms with E-state index in [0.29, 0.717) is 23.0 Å². The lowest BCUT2D eigenvalue weighted by Crippen LogP contribution is -2.18. The molecule has 0 bridgehead atoms. The van der Waals surface area contributed by atoms with Gasteiger partial charge in [0.15, 0.2) is 16.0 Å². The molecule has 0 saturated heterocycles. The van der Waals surface area contributed by atoms with Gasteiger partial charge in [-0.25, -0.2) is 4.98 Å². The van der Waals surface area contributed by atoms with Gasteiger partial charge in [0.1, 0.15) is 11.5 Å². The van der Waals surface area contributed by atoms with Gasteiger partial charge in [0, 0.05) is 20.2 Å². The monoisotopic (exact) mass is 569 g/mol. The first kappa shape index (κ1) is 33.0. The molecule has 1 amide bonds. The van der Waals surface area contributed by atoms with E-state index in [1.807, 2.05) is 27.7 Å². The Morgan fingerprint density at radius 1 is 1.21 bits per heavy atom. The molecule has 0 aliphatic heterocycles. The number of thiazole rings is 1. The second-order valence-electron chi connectivity index (χ2n) is 8.20. The molecule has 210 valence electrons. The second kappa shape index (κ2) is 15.4. The number of nitrogens with one attached hydrogen (secondary N) is 1. The van der Waals surface area contributed by atoms with Crippen molar-refractivity contribution in [2.45, 2.75) is 47.6 Å². The summed E-state index contributed by atoms with van der Waals surface area (Å²) in [6.07, 6.45) is 7.51. The van der Waals surface area contributed by atoms with E-state index in [2.05, 4.69) is 10.3 Å². The van der Waals surface area contributed by atoms with Gasteiger partial charge in [-0.05, 0) is 51.1 Å². The molecule has 0 aliphatic carbocycles. The fourth-order valence-electron chi connectivity index (χ4n) is 2.81. The van der Waals surface area contributed by atoms with Crippen LogP contribution in [0.15, 0.2) is 60.2 Å². The zero-order valence-electron chi connectivity index (χ0n) is 22.9. The fraction of sp³-hybridized carbons (Fsp3) is 0.385. The summed E-state index contributed by atoms with van der Waals surface area (Å²) in [5, 5.41) is 2.14. The number of halogens is 1. The molecular formula is C26H37FN3O6PS. The lowest BCUT2D eigenvalue weighted by molar-refractivity contribution is -0.118. The topological polar surface area (TPSA) is 121 Å². The summed E-state index contributed by atoms with van der Waals surface area (Å²) in [7, 11) is -0.954. The summed E-state index contributed by atoms with van der Waals surface area (Å²) >= 11 is 0.743. The van der Waals surface area contributed by atoms with Crippen molar-refractivity contribution in [2.75, 3.05) is 24.3 Å². The van der Waals surface area contributed by atoms with E-state index in [0.717, 1.165) is 17.5 Å². The van der Waals surface area contributed by atoms with Crippen LogP contribution in [0.4, 0.5) is 15.2 Å². The third kappa shape index (κ3) is 10.8. The number of hydrogen-bond donors (Lipinski definition) is 3. The Hall–Kier alpha value is -2.98. The van der Waals surface area contributed by atoms with Crippen molar-refractivity contribution in [1.29, 1.82) is 0 Å². The van der Waals surface area contributed by atoms with Crippen LogP contribution in [0.3, 0.4) is 0 Å². The SMILES string of the molecule is C/C=C(\C=C(/C=CC(C)C(=O)Nc1ncc(F)s1)OC(C)C)Oc1ccc(P(=O)(O)O)cc1N(C)C.CC. The van der Waals surface area contributed by atoms with Gasteiger partial charge < -0.3 is 29.5 Å². The van der Waals surface area contributed by atoms with Crippen molar-refractivity contribution >= 4 is 41.0 Å². The van der Waals surface area contributed by atoms with Crippen LogP contribution in [0.1, 0.15) is 41.5 Å². The summed E-state index contributed by atoms with van der Waals surface area (Å²) < 4.78 is 36.7. The molecule has 0 aliphatic rings. The van der Waals surface area contributed by atoms with E-state index in [1.165, 1.54) is 18.2 Å². The molecule has 38 heavy (non-hydrogen) atoms. The molecule has 2 aromatic rings. The van der Waals surface area contributed by atoms with Crippen molar-refractivity contribution in [3.8, 4) is 5.75 Å². The van der Waals surface area contributed by atoms with Crippen molar-refractivity contribution in [2.24, 2.45) is 5.92 Å². The van der Waals surface area contributed by atoms with Gasteiger partial charge in [0.2, 0.25) is 5.91 Å². The lowest BCUT2D eigenvalue weighted by atomic mass is 10.1. The number of hydrogen-bond acceptors (Lipinski definition) is 7. The predicted octanol–water partition coefficient (Wildman–Crippen LogP) is 5.60. The van der Waals surface area contributed by atoms with E-state index in [4.69, 9.17) is 9.47 Å². The highest BCUT2D eigenvalue weighted by Crippen LogP contribution is 2.37. The first-order valence-electron chi connectivity index (χ1n) is 12.0. The van der Waals surface area contributed by atoms with Crippen molar-refractivity contribution in [1.82, 2.24) is 4.98 Å². The zero-order chi connectivity index (χ0) is 29.0. The minimum atomic E-state index is -4.42. The normalized spacial score (nSPS) is 13.2. The molecule has 9 nitrogen and oxygen atoms in total. The number of benzene rings is 1. The first-order valence-corrected chi connectivity index (χ1v) is 14.4. The zero-order valence-corrected chi connectivity index (χ0v) is 24.6. The van der Waals surface area contributed by atoms with Gasteiger partial charge in [-0.2, -0.15) is 4.39 Å². The molecule has 0 fully saturated rings. The Morgan fingerprint density at radius 2 is 1.87 bits per heavy atom. The number of allylic oxidation sites excluding steroid dienone is 3. The fourth-order valence-corrected chi connectivity index (χ4v) is 3.92. The number of carbonyl (C=O) groups excluding carboxylic acids is 1. The van der Waals surface area contributed by atoms with E-state index >= 15 is 0 Å². The van der Waals surface area contributed by atoms with Crippen LogP contribution in [-0.4, -0.2) is 40.9 Å². The van der Waals surface area contributed by atoms with Crippen LogP contribution in [0.25, 0.3) is 0 Å². The molecule has 2 rings (SSSR count). The number of nitrogens with zero attached hydrogens (tertiary/aromatic N) is 2. The molecule has 1 atom stereocenters. The van der Waals surface area contributed by atoms with Gasteiger partial charge in [0.25, 0.3) is 0 Å². The molecule has 1 aromatic carbocycles. The molecule has 3 N–H and O–H groups in total. The van der Waals surface area contributed by atoms with E-state index in [-0.39, 0.29) is 22.4 Å². The maximum Gasteiger partial charge on any atom is 0.356 e. The molecule has 0 radical (unpaired) electrons. The maximum absolute atomic E-state index is 13.1. The summed E-state index contributed by atoms with van der Waals surface area (Å²) in [5.41, 5.74) is 0.481. The minimum Gasteiger partial charge on any atom is -0.491 e. The van der Waals surface area contributed by atoms with Crippen LogP contribution >= 0.6 is 18.9 Å². The average molecular weight is 570 g/mol. The molecule has 0 saturated carbocycles. The highest BCUT2D eigenvalue weighted by Gasteiger charge is 2.20. The van der Waals surface area contributed by atoms with Crippen molar-refractivity contribution < 1.29 is 33.0 Å². The summed E-state index contributed by atoms with van der Waals surface area (Å²) in [5.74, 6) is 0.311. The van der Waals surface area contributed by atoms with Crippen LogP contribution in [0.5, 0.6) is 5.75 Å². The Kier molecular flexibility index (Phi) is 13.4. The number of rotatable bonds is 11. The van der Waals surface area contributed by atoms with Crippen LogP contribution in [-0.2, 0) is 14.1 Å². The molecule has 1 unspecified atom stereocenters. The van der Waals surface area contributed by atoms with E-state index in [9.17, 15) is 23.5 Å². The maximum atomic E-state index is 13.1. The Labute approximate surface area is 227 Å². The van der Waals surface area contributed by atoms with Gasteiger partial charge in [-0.15, -0.1) is 0 Å². The van der Waals surface area contributed by atoms with Crippen molar-refractivity contribution in [3.63, 3.8) is 0 Å². The molecule has 1 heterocycles. The third-order valence-corrected chi connectivity index (χ3v) is 6.25. The average Bonchev–Trinajstić information content (AvgIpc) is 3.26. The Morgan fingerprint density at radius 3 is 2.37 bits per heavy atom. The number of aromatic nitrogens is 1. The minimum absolute atomic E-state index is 0.115. The standard InChI is InChI=1S/C24H31FN3O6PS.C2H6/c1-7-17(34-21-11-10-19(35(30,31)32)13-20(21)28(5)6)12-18(33-15(2)3)9-8-16(4)23(29)27-24-26-14-22(25)36-24;1-2/h7-16H,1-6H3,(H,26,27,29)(H2,30,31,32);1-2H3/b9-8?,17-7+,18-12+;. The van der Waals surface area contributed by atoms with Gasteiger partial charge in [-0.3, -0.25) is 9.36 Å². The van der Waals surface area contributed by atoms with E-state index < -0.39 is 18.6 Å². The Balaban J connectivity index is 0.00000352. The number of ether oxygens (including phenoxy) is 2. The number of anilines is 2. The van der Waals surface area contributed by atoms with Gasteiger partial charge in [0.05, 0.1) is 29.2 Å². The largest absolute Gasteiger partial charge is 0.491 e. The summed E-state index contributed by atoms with van der Waals surface area (Å²) in [6.45, 7) is 11.2. The highest BCUT2D eigenvalue weighted by atomic mass is 32.1. The molecular weight excluding hydrogens is 532 g/mol. The van der Waals surface area contributed by atoms with Crippen LogP contribution in [0.2, 0.25) is 0 Å². The molecule has 0 spiro atoms. The smallest absolute Gasteiger partial charge is 0.356 e. The van der Waals surface area contributed by atoms with Crippen LogP contribution in [0, 0.1) is 11.0 Å². The van der Waals surface area contributed by atoms with Crippen LogP contribution < -0.4 is 20.3 Å². The van der Waals surface area contributed by atoms with Gasteiger partial charge >= 0.3 is 7.60 Å². The molecule has 1 aromatic heterocycles. The quantitative estimate of drug-likeness (QED) is 0.182. The number of amides is 1. The third-order valence-electron chi connectivity index (χ3n) is 4.60. The van der Waals surface area contributed by atoms with Crippen molar-refractivity contribution in [3.05, 3.63) is 65.3 Å². The first-order chi connectivity index (χ1) is 17.8. The predicted molar refractivity (Wildman–Crippen MR) is 151 cm³/mol. The molecule has 12 heteroatoms. The van der Waals surface area contributed by atoms with Gasteiger partial charge in [-0.1, -0.05) is 38.2 Å².